The predicted molar refractivity (Wildman–Crippen MR) is 109 cm³/mol. The standard InChI is InChI=1S/C19H22N8O3/c1-26(2)16(28)12-3-5-13(6-4-12)30-19-24-15(14-11-21-17(20)22-14)23-18(25-19)27-7-9-29-10-8-27/h3-6,11H,7-10H2,1-2H3,(H3,20,21,22). The van der Waals surface area contributed by atoms with Gasteiger partial charge >= 0.3 is 6.01 Å². The van der Waals surface area contributed by atoms with Crippen LogP contribution in [-0.2, 0) is 4.74 Å². The molecule has 0 atom stereocenters. The number of aromatic nitrogens is 5. The van der Waals surface area contributed by atoms with Gasteiger partial charge in [0.1, 0.15) is 11.4 Å². The van der Waals surface area contributed by atoms with Crippen LogP contribution >= 0.6 is 0 Å². The Bertz CT molecular complexity index is 1030. The molecule has 11 heteroatoms. The Hall–Kier alpha value is -3.73. The van der Waals surface area contributed by atoms with Crippen LogP contribution in [0.4, 0.5) is 11.9 Å². The number of rotatable bonds is 5. The van der Waals surface area contributed by atoms with Crippen molar-refractivity contribution in [2.45, 2.75) is 0 Å². The van der Waals surface area contributed by atoms with Crippen molar-refractivity contribution in [1.29, 1.82) is 0 Å². The Morgan fingerprint density at radius 2 is 1.90 bits per heavy atom. The molecule has 30 heavy (non-hydrogen) atoms. The van der Waals surface area contributed by atoms with Gasteiger partial charge in [-0.15, -0.1) is 0 Å². The lowest BCUT2D eigenvalue weighted by atomic mass is 10.2. The van der Waals surface area contributed by atoms with Gasteiger partial charge in [0.15, 0.2) is 11.8 Å². The zero-order chi connectivity index (χ0) is 21.1. The van der Waals surface area contributed by atoms with Crippen molar-refractivity contribution in [3.8, 4) is 23.3 Å². The van der Waals surface area contributed by atoms with Crippen LogP contribution in [0, 0.1) is 0 Å². The molecule has 0 radical (unpaired) electrons. The van der Waals surface area contributed by atoms with Crippen LogP contribution in [0.25, 0.3) is 11.5 Å². The number of benzene rings is 1. The average molecular weight is 410 g/mol. The van der Waals surface area contributed by atoms with Crippen molar-refractivity contribution in [2.75, 3.05) is 51.0 Å². The van der Waals surface area contributed by atoms with Gasteiger partial charge in [0.2, 0.25) is 5.95 Å². The molecule has 4 rings (SSSR count). The SMILES string of the molecule is CN(C)C(=O)c1ccc(Oc2nc(-c3cnc(N)[nH]3)nc(N3CCOCC3)n2)cc1. The van der Waals surface area contributed by atoms with Gasteiger partial charge < -0.3 is 30.0 Å². The van der Waals surface area contributed by atoms with Crippen molar-refractivity contribution in [1.82, 2.24) is 29.8 Å². The maximum absolute atomic E-state index is 12.1. The van der Waals surface area contributed by atoms with E-state index in [0.717, 1.165) is 0 Å². The lowest BCUT2D eigenvalue weighted by Gasteiger charge is -2.26. The number of carbonyl (C=O) groups excluding carboxylic acids is 1. The number of nitrogens with zero attached hydrogens (tertiary/aromatic N) is 6. The molecule has 3 heterocycles. The molecule has 1 aliphatic heterocycles. The van der Waals surface area contributed by atoms with E-state index in [1.165, 1.54) is 4.90 Å². The average Bonchev–Trinajstić information content (AvgIpc) is 3.20. The molecular weight excluding hydrogens is 388 g/mol. The third-order valence-electron chi connectivity index (χ3n) is 4.45. The number of ether oxygens (including phenoxy) is 2. The first-order chi connectivity index (χ1) is 14.5. The van der Waals surface area contributed by atoms with E-state index in [-0.39, 0.29) is 17.9 Å². The van der Waals surface area contributed by atoms with E-state index in [1.807, 2.05) is 4.90 Å². The van der Waals surface area contributed by atoms with Crippen molar-refractivity contribution in [2.24, 2.45) is 0 Å². The summed E-state index contributed by atoms with van der Waals surface area (Å²) in [7, 11) is 3.41. The van der Waals surface area contributed by atoms with E-state index >= 15 is 0 Å². The Morgan fingerprint density at radius 1 is 1.17 bits per heavy atom. The number of anilines is 2. The number of nitrogens with one attached hydrogen (secondary N) is 1. The molecule has 0 unspecified atom stereocenters. The fourth-order valence-corrected chi connectivity index (χ4v) is 2.90. The number of carbonyl (C=O) groups is 1. The van der Waals surface area contributed by atoms with Gasteiger partial charge in [-0.2, -0.15) is 15.0 Å². The van der Waals surface area contributed by atoms with E-state index in [1.54, 1.807) is 44.6 Å². The topological polar surface area (TPSA) is 135 Å². The number of nitrogen functional groups attached to an aromatic ring is 1. The molecule has 3 aromatic rings. The van der Waals surface area contributed by atoms with Crippen LogP contribution in [0.2, 0.25) is 0 Å². The van der Waals surface area contributed by atoms with Crippen LogP contribution in [0.3, 0.4) is 0 Å². The molecule has 0 aliphatic carbocycles. The minimum Gasteiger partial charge on any atom is -0.424 e. The molecule has 3 N–H and O–H groups in total. The Balaban J connectivity index is 1.63. The number of nitrogens with two attached hydrogens (primary N) is 1. The first-order valence-corrected chi connectivity index (χ1v) is 9.39. The van der Waals surface area contributed by atoms with Gasteiger partial charge in [-0.1, -0.05) is 0 Å². The van der Waals surface area contributed by atoms with Crippen LogP contribution in [0.5, 0.6) is 11.8 Å². The molecule has 1 aliphatic rings. The van der Waals surface area contributed by atoms with Crippen LogP contribution in [-0.4, -0.2) is 76.1 Å². The van der Waals surface area contributed by atoms with Crippen molar-refractivity contribution in [3.63, 3.8) is 0 Å². The lowest BCUT2D eigenvalue weighted by molar-refractivity contribution is 0.0827. The van der Waals surface area contributed by atoms with Gasteiger partial charge in [0.05, 0.1) is 19.4 Å². The second-order valence-electron chi connectivity index (χ2n) is 6.85. The number of hydrogen-bond donors (Lipinski definition) is 2. The molecule has 1 amide bonds. The molecule has 2 aromatic heterocycles. The highest BCUT2D eigenvalue weighted by Crippen LogP contribution is 2.24. The predicted octanol–water partition coefficient (Wildman–Crippen LogP) is 1.17. The molecule has 156 valence electrons. The van der Waals surface area contributed by atoms with Crippen LogP contribution in [0.15, 0.2) is 30.5 Å². The molecule has 0 bridgehead atoms. The first kappa shape index (κ1) is 19.6. The highest BCUT2D eigenvalue weighted by molar-refractivity contribution is 5.93. The number of morpholine rings is 1. The smallest absolute Gasteiger partial charge is 0.327 e. The summed E-state index contributed by atoms with van der Waals surface area (Å²) in [6.45, 7) is 2.51. The van der Waals surface area contributed by atoms with E-state index in [2.05, 4.69) is 24.9 Å². The van der Waals surface area contributed by atoms with Crippen LogP contribution in [0.1, 0.15) is 10.4 Å². The Kier molecular flexibility index (Phi) is 5.44. The number of imidazole rings is 1. The number of hydrogen-bond acceptors (Lipinski definition) is 9. The van der Waals surface area contributed by atoms with E-state index in [9.17, 15) is 4.79 Å². The minimum atomic E-state index is -0.0876. The minimum absolute atomic E-state index is 0.0876. The highest BCUT2D eigenvalue weighted by Gasteiger charge is 2.19. The summed E-state index contributed by atoms with van der Waals surface area (Å²) in [6.07, 6.45) is 1.55. The summed E-state index contributed by atoms with van der Waals surface area (Å²) in [5.41, 5.74) is 6.81. The lowest BCUT2D eigenvalue weighted by Crippen LogP contribution is -2.37. The van der Waals surface area contributed by atoms with Gasteiger partial charge in [-0.25, -0.2) is 4.98 Å². The monoisotopic (exact) mass is 410 g/mol. The van der Waals surface area contributed by atoms with E-state index < -0.39 is 0 Å². The normalized spacial score (nSPS) is 13.9. The maximum atomic E-state index is 12.1. The second kappa shape index (κ2) is 8.33. The number of aromatic amines is 1. The molecular formula is C19H22N8O3. The Labute approximate surface area is 172 Å². The maximum Gasteiger partial charge on any atom is 0.327 e. The molecule has 0 spiro atoms. The zero-order valence-corrected chi connectivity index (χ0v) is 16.7. The number of H-pyrrole nitrogens is 1. The van der Waals surface area contributed by atoms with E-state index in [4.69, 9.17) is 15.2 Å². The molecule has 1 saturated heterocycles. The van der Waals surface area contributed by atoms with Crippen molar-refractivity contribution in [3.05, 3.63) is 36.0 Å². The summed E-state index contributed by atoms with van der Waals surface area (Å²) in [5.74, 6) is 1.52. The number of amides is 1. The van der Waals surface area contributed by atoms with Crippen molar-refractivity contribution < 1.29 is 14.3 Å². The largest absolute Gasteiger partial charge is 0.424 e. The summed E-state index contributed by atoms with van der Waals surface area (Å²) >= 11 is 0. The van der Waals surface area contributed by atoms with Gasteiger partial charge in [0.25, 0.3) is 5.91 Å². The quantitative estimate of drug-likeness (QED) is 0.635. The summed E-state index contributed by atoms with van der Waals surface area (Å²) in [4.78, 5) is 35.9. The zero-order valence-electron chi connectivity index (χ0n) is 16.7. The molecule has 0 saturated carbocycles. The molecule has 11 nitrogen and oxygen atoms in total. The van der Waals surface area contributed by atoms with Crippen molar-refractivity contribution >= 4 is 17.8 Å². The third-order valence-corrected chi connectivity index (χ3v) is 4.45. The first-order valence-electron chi connectivity index (χ1n) is 9.39. The van der Waals surface area contributed by atoms with Gasteiger partial charge in [0, 0.05) is 32.7 Å². The van der Waals surface area contributed by atoms with Gasteiger partial charge in [-0.3, -0.25) is 4.79 Å². The Morgan fingerprint density at radius 3 is 2.53 bits per heavy atom. The highest BCUT2D eigenvalue weighted by atomic mass is 16.5. The third kappa shape index (κ3) is 4.30. The fraction of sp³-hybridized carbons (Fsp3) is 0.316. The molecule has 1 fully saturated rings. The van der Waals surface area contributed by atoms with Gasteiger partial charge in [-0.05, 0) is 24.3 Å². The van der Waals surface area contributed by atoms with E-state index in [0.29, 0.717) is 55.1 Å². The van der Waals surface area contributed by atoms with Crippen LogP contribution < -0.4 is 15.4 Å². The summed E-state index contributed by atoms with van der Waals surface area (Å²) in [5, 5.41) is 0. The molecule has 1 aromatic carbocycles. The summed E-state index contributed by atoms with van der Waals surface area (Å²) < 4.78 is 11.3. The fourth-order valence-electron chi connectivity index (χ4n) is 2.90. The summed E-state index contributed by atoms with van der Waals surface area (Å²) in [6, 6.07) is 6.91. The second-order valence-corrected chi connectivity index (χ2v) is 6.85.